The molecule has 24 heavy (non-hydrogen) atoms. The third kappa shape index (κ3) is 3.08. The number of hydrogen-bond acceptors (Lipinski definition) is 4. The molecule has 1 fully saturated rings. The van der Waals surface area contributed by atoms with Gasteiger partial charge in [0, 0.05) is 12.3 Å². The minimum Gasteiger partial charge on any atom is -0.491 e. The van der Waals surface area contributed by atoms with E-state index in [1.54, 1.807) is 0 Å². The number of benzene rings is 2. The fraction of sp³-hybridized carbons (Fsp3) is 0.316. The van der Waals surface area contributed by atoms with Crippen LogP contribution in [-0.2, 0) is 4.74 Å². The SMILES string of the molecule is O=C1NC(c2ccc(OCC3CCCO3)cc2)Nc2ccccc21. The molecular formula is C19H20N2O3. The van der Waals surface area contributed by atoms with Gasteiger partial charge in [-0.15, -0.1) is 0 Å². The van der Waals surface area contributed by atoms with Crippen molar-refractivity contribution < 1.29 is 14.3 Å². The van der Waals surface area contributed by atoms with Crippen LogP contribution in [0.15, 0.2) is 48.5 Å². The first-order valence-corrected chi connectivity index (χ1v) is 8.30. The van der Waals surface area contributed by atoms with Gasteiger partial charge >= 0.3 is 0 Å². The molecule has 2 aliphatic rings. The van der Waals surface area contributed by atoms with Crippen molar-refractivity contribution in [2.75, 3.05) is 18.5 Å². The highest BCUT2D eigenvalue weighted by atomic mass is 16.5. The van der Waals surface area contributed by atoms with Gasteiger partial charge in [-0.3, -0.25) is 4.79 Å². The quantitative estimate of drug-likeness (QED) is 0.907. The highest BCUT2D eigenvalue weighted by Gasteiger charge is 2.24. The number of ether oxygens (including phenoxy) is 2. The monoisotopic (exact) mass is 324 g/mol. The topological polar surface area (TPSA) is 59.6 Å². The maximum Gasteiger partial charge on any atom is 0.255 e. The van der Waals surface area contributed by atoms with E-state index in [9.17, 15) is 4.79 Å². The third-order valence-corrected chi connectivity index (χ3v) is 4.42. The molecule has 5 nitrogen and oxygen atoms in total. The number of anilines is 1. The molecule has 0 radical (unpaired) electrons. The highest BCUT2D eigenvalue weighted by Crippen LogP contribution is 2.27. The molecule has 2 aliphatic heterocycles. The molecule has 4 rings (SSSR count). The fourth-order valence-corrected chi connectivity index (χ4v) is 3.10. The summed E-state index contributed by atoms with van der Waals surface area (Å²) >= 11 is 0. The predicted octanol–water partition coefficient (Wildman–Crippen LogP) is 3.10. The first kappa shape index (κ1) is 15.0. The van der Waals surface area contributed by atoms with Gasteiger partial charge in [-0.1, -0.05) is 24.3 Å². The van der Waals surface area contributed by atoms with Crippen molar-refractivity contribution in [1.29, 1.82) is 0 Å². The summed E-state index contributed by atoms with van der Waals surface area (Å²) in [6, 6.07) is 15.3. The Morgan fingerprint density at radius 2 is 1.92 bits per heavy atom. The number of rotatable bonds is 4. The van der Waals surface area contributed by atoms with E-state index in [1.807, 2.05) is 48.5 Å². The van der Waals surface area contributed by atoms with E-state index in [-0.39, 0.29) is 18.2 Å². The minimum absolute atomic E-state index is 0.0620. The highest BCUT2D eigenvalue weighted by molar-refractivity contribution is 6.01. The summed E-state index contributed by atoms with van der Waals surface area (Å²) in [5.41, 5.74) is 2.51. The molecule has 2 aromatic rings. The minimum atomic E-state index is -0.236. The lowest BCUT2D eigenvalue weighted by Crippen LogP contribution is -2.38. The van der Waals surface area contributed by atoms with Crippen LogP contribution in [0, 0.1) is 0 Å². The number of fused-ring (bicyclic) bond motifs is 1. The van der Waals surface area contributed by atoms with E-state index >= 15 is 0 Å². The van der Waals surface area contributed by atoms with E-state index in [0.29, 0.717) is 12.2 Å². The van der Waals surface area contributed by atoms with Crippen molar-refractivity contribution in [2.24, 2.45) is 0 Å². The molecule has 2 aromatic carbocycles. The second-order valence-electron chi connectivity index (χ2n) is 6.11. The van der Waals surface area contributed by atoms with Crippen molar-refractivity contribution in [2.45, 2.75) is 25.1 Å². The second kappa shape index (κ2) is 6.53. The van der Waals surface area contributed by atoms with E-state index in [4.69, 9.17) is 9.47 Å². The van der Waals surface area contributed by atoms with E-state index in [0.717, 1.165) is 36.4 Å². The number of para-hydroxylation sites is 1. The van der Waals surface area contributed by atoms with Gasteiger partial charge in [-0.25, -0.2) is 0 Å². The number of hydrogen-bond donors (Lipinski definition) is 2. The average Bonchev–Trinajstić information content (AvgIpc) is 3.14. The van der Waals surface area contributed by atoms with Crippen molar-refractivity contribution in [1.82, 2.24) is 5.32 Å². The summed E-state index contributed by atoms with van der Waals surface area (Å²) in [6.07, 6.45) is 2.15. The molecule has 2 atom stereocenters. The molecule has 0 aromatic heterocycles. The van der Waals surface area contributed by atoms with Crippen LogP contribution in [0.1, 0.15) is 34.9 Å². The molecule has 1 amide bonds. The Morgan fingerprint density at radius 1 is 1.08 bits per heavy atom. The Labute approximate surface area is 141 Å². The average molecular weight is 324 g/mol. The van der Waals surface area contributed by atoms with Gasteiger partial charge in [0.25, 0.3) is 5.91 Å². The van der Waals surface area contributed by atoms with Crippen LogP contribution in [-0.4, -0.2) is 25.2 Å². The van der Waals surface area contributed by atoms with Gasteiger partial charge in [-0.2, -0.15) is 0 Å². The zero-order valence-electron chi connectivity index (χ0n) is 13.3. The lowest BCUT2D eigenvalue weighted by molar-refractivity contribution is 0.0679. The Hall–Kier alpha value is -2.53. The van der Waals surface area contributed by atoms with E-state index < -0.39 is 0 Å². The molecule has 5 heteroatoms. The number of carbonyl (C=O) groups excluding carboxylic acids is 1. The van der Waals surface area contributed by atoms with Crippen molar-refractivity contribution >= 4 is 11.6 Å². The summed E-state index contributed by atoms with van der Waals surface area (Å²) in [4.78, 5) is 12.2. The first-order valence-electron chi connectivity index (χ1n) is 8.30. The van der Waals surface area contributed by atoms with Crippen LogP contribution in [0.3, 0.4) is 0 Å². The smallest absolute Gasteiger partial charge is 0.255 e. The van der Waals surface area contributed by atoms with Crippen LogP contribution in [0.4, 0.5) is 5.69 Å². The molecular weight excluding hydrogens is 304 g/mol. The predicted molar refractivity (Wildman–Crippen MR) is 91.2 cm³/mol. The van der Waals surface area contributed by atoms with Crippen LogP contribution >= 0.6 is 0 Å². The van der Waals surface area contributed by atoms with Crippen molar-refractivity contribution in [3.8, 4) is 5.75 Å². The van der Waals surface area contributed by atoms with Gasteiger partial charge in [-0.05, 0) is 42.7 Å². The maximum atomic E-state index is 12.2. The summed E-state index contributed by atoms with van der Waals surface area (Å²) in [6.45, 7) is 1.42. The van der Waals surface area contributed by atoms with Crippen LogP contribution in [0.2, 0.25) is 0 Å². The van der Waals surface area contributed by atoms with Crippen LogP contribution in [0.25, 0.3) is 0 Å². The van der Waals surface area contributed by atoms with Gasteiger partial charge < -0.3 is 20.1 Å². The Morgan fingerprint density at radius 3 is 2.71 bits per heavy atom. The summed E-state index contributed by atoms with van der Waals surface area (Å²) in [7, 11) is 0. The van der Waals surface area contributed by atoms with Crippen molar-refractivity contribution in [3.05, 3.63) is 59.7 Å². The molecule has 124 valence electrons. The lowest BCUT2D eigenvalue weighted by Gasteiger charge is -2.28. The molecule has 2 N–H and O–H groups in total. The summed E-state index contributed by atoms with van der Waals surface area (Å²) in [5, 5.41) is 6.32. The second-order valence-corrected chi connectivity index (χ2v) is 6.11. The van der Waals surface area contributed by atoms with E-state index in [2.05, 4.69) is 10.6 Å². The third-order valence-electron chi connectivity index (χ3n) is 4.42. The molecule has 0 aliphatic carbocycles. The largest absolute Gasteiger partial charge is 0.491 e. The number of nitrogens with one attached hydrogen (secondary N) is 2. The van der Waals surface area contributed by atoms with Crippen LogP contribution < -0.4 is 15.4 Å². The molecule has 1 saturated heterocycles. The summed E-state index contributed by atoms with van der Waals surface area (Å²) in [5.74, 6) is 0.754. The van der Waals surface area contributed by atoms with Gasteiger partial charge in [0.15, 0.2) is 0 Å². The summed E-state index contributed by atoms with van der Waals surface area (Å²) < 4.78 is 11.3. The van der Waals surface area contributed by atoms with Crippen molar-refractivity contribution in [3.63, 3.8) is 0 Å². The Balaban J connectivity index is 1.42. The first-order chi connectivity index (χ1) is 11.8. The zero-order valence-corrected chi connectivity index (χ0v) is 13.3. The lowest BCUT2D eigenvalue weighted by atomic mass is 10.1. The Bertz CT molecular complexity index is 724. The Kier molecular flexibility index (Phi) is 4.09. The number of amides is 1. The molecule has 2 heterocycles. The van der Waals surface area contributed by atoms with Gasteiger partial charge in [0.1, 0.15) is 18.5 Å². The van der Waals surface area contributed by atoms with Gasteiger partial charge in [0.2, 0.25) is 0 Å². The number of carbonyl (C=O) groups is 1. The van der Waals surface area contributed by atoms with E-state index in [1.165, 1.54) is 0 Å². The van der Waals surface area contributed by atoms with Crippen LogP contribution in [0.5, 0.6) is 5.75 Å². The van der Waals surface area contributed by atoms with Gasteiger partial charge in [0.05, 0.1) is 11.7 Å². The molecule has 0 spiro atoms. The molecule has 2 unspecified atom stereocenters. The zero-order chi connectivity index (χ0) is 16.4. The fourth-order valence-electron chi connectivity index (χ4n) is 3.10. The maximum absolute atomic E-state index is 12.2. The standard InChI is InChI=1S/C19H20N2O3/c22-19-16-5-1-2-6-17(16)20-18(21-19)13-7-9-14(10-8-13)24-12-15-4-3-11-23-15/h1-2,5-10,15,18,20H,3-4,11-12H2,(H,21,22). The molecule has 0 bridgehead atoms. The normalized spacial score (nSPS) is 22.4. The molecule has 0 saturated carbocycles.